The number of hydrogen-bond donors (Lipinski definition) is 3. The van der Waals surface area contributed by atoms with Gasteiger partial charge in [0.15, 0.2) is 0 Å². The zero-order valence-corrected chi connectivity index (χ0v) is 15.1. The number of hydrogen-bond acceptors (Lipinski definition) is 3. The lowest BCUT2D eigenvalue weighted by molar-refractivity contribution is 0.216. The van der Waals surface area contributed by atoms with Crippen molar-refractivity contribution in [2.45, 2.75) is 32.2 Å². The highest BCUT2D eigenvalue weighted by atomic mass is 16.5. The molecule has 2 amide bonds. The normalized spacial score (nSPS) is 13.6. The smallest absolute Gasteiger partial charge is 0.315 e. The maximum atomic E-state index is 12.1. The van der Waals surface area contributed by atoms with Gasteiger partial charge in [0.1, 0.15) is 5.75 Å². The van der Waals surface area contributed by atoms with Gasteiger partial charge in [-0.25, -0.2) is 4.79 Å². The third-order valence-electron chi connectivity index (χ3n) is 4.57. The Morgan fingerprint density at radius 1 is 1.23 bits per heavy atom. The molecule has 138 valence electrons. The number of rotatable bonds is 7. The summed E-state index contributed by atoms with van der Waals surface area (Å²) in [7, 11) is 0. The minimum Gasteiger partial charge on any atom is -0.493 e. The standard InChI is InChI=1S/C21H26N2O3/c1-15-3-2-4-17(11-15)13-19(14-24)23-21(25)22-9-7-16-5-6-20-18(12-16)8-10-26-20/h2-6,11-12,19,24H,7-10,13-14H2,1H3,(H2,22,23,25)/t19-/m0/s1. The van der Waals surface area contributed by atoms with Crippen molar-refractivity contribution in [2.75, 3.05) is 19.8 Å². The van der Waals surface area contributed by atoms with Gasteiger partial charge >= 0.3 is 6.03 Å². The van der Waals surface area contributed by atoms with E-state index in [0.717, 1.165) is 30.8 Å². The fraction of sp³-hybridized carbons (Fsp3) is 0.381. The molecular formula is C21H26N2O3. The van der Waals surface area contributed by atoms with Crippen LogP contribution in [0.2, 0.25) is 0 Å². The molecule has 2 aromatic carbocycles. The molecule has 0 unspecified atom stereocenters. The molecular weight excluding hydrogens is 328 g/mol. The van der Waals surface area contributed by atoms with Crippen LogP contribution >= 0.6 is 0 Å². The van der Waals surface area contributed by atoms with Crippen LogP contribution in [0.15, 0.2) is 42.5 Å². The number of aliphatic hydroxyl groups is 1. The number of benzene rings is 2. The molecule has 0 aliphatic carbocycles. The Labute approximate surface area is 154 Å². The lowest BCUT2D eigenvalue weighted by Crippen LogP contribution is -2.45. The van der Waals surface area contributed by atoms with Crippen molar-refractivity contribution in [1.82, 2.24) is 10.6 Å². The van der Waals surface area contributed by atoms with Gasteiger partial charge in [-0.1, -0.05) is 42.0 Å². The number of amides is 2. The van der Waals surface area contributed by atoms with Crippen LogP contribution in [0.1, 0.15) is 22.3 Å². The summed E-state index contributed by atoms with van der Waals surface area (Å²) in [5.41, 5.74) is 4.70. The van der Waals surface area contributed by atoms with Crippen LogP contribution < -0.4 is 15.4 Å². The second-order valence-corrected chi connectivity index (χ2v) is 6.76. The zero-order valence-electron chi connectivity index (χ0n) is 15.1. The van der Waals surface area contributed by atoms with E-state index in [9.17, 15) is 9.90 Å². The SMILES string of the molecule is Cc1cccc(C[C@@H](CO)NC(=O)NCCc2ccc3c(c2)CCO3)c1. The Bertz CT molecular complexity index is 761. The molecule has 0 aromatic heterocycles. The molecule has 1 aliphatic heterocycles. The molecule has 0 fully saturated rings. The summed E-state index contributed by atoms with van der Waals surface area (Å²) in [6, 6.07) is 13.7. The van der Waals surface area contributed by atoms with Gasteiger partial charge in [-0.2, -0.15) is 0 Å². The van der Waals surface area contributed by atoms with Gasteiger partial charge in [0.25, 0.3) is 0 Å². The van der Waals surface area contributed by atoms with Crippen LogP contribution in [0.3, 0.4) is 0 Å². The summed E-state index contributed by atoms with van der Waals surface area (Å²) < 4.78 is 5.50. The van der Waals surface area contributed by atoms with E-state index in [0.29, 0.717) is 13.0 Å². The fourth-order valence-corrected chi connectivity index (χ4v) is 3.24. The lowest BCUT2D eigenvalue weighted by Gasteiger charge is -2.17. The van der Waals surface area contributed by atoms with E-state index in [1.54, 1.807) is 0 Å². The molecule has 2 aromatic rings. The molecule has 0 saturated heterocycles. The second-order valence-electron chi connectivity index (χ2n) is 6.76. The van der Waals surface area contributed by atoms with Crippen molar-refractivity contribution in [3.05, 3.63) is 64.7 Å². The summed E-state index contributed by atoms with van der Waals surface area (Å²) in [6.07, 6.45) is 2.33. The van der Waals surface area contributed by atoms with Crippen LogP contribution in [0.4, 0.5) is 4.79 Å². The molecule has 0 spiro atoms. The van der Waals surface area contributed by atoms with Crippen LogP contribution in [-0.4, -0.2) is 36.9 Å². The third kappa shape index (κ3) is 4.99. The monoisotopic (exact) mass is 354 g/mol. The van der Waals surface area contributed by atoms with Crippen molar-refractivity contribution < 1.29 is 14.6 Å². The van der Waals surface area contributed by atoms with Gasteiger partial charge in [0.05, 0.1) is 19.3 Å². The first-order chi connectivity index (χ1) is 12.6. The van der Waals surface area contributed by atoms with Crippen molar-refractivity contribution in [3.8, 4) is 5.75 Å². The van der Waals surface area contributed by atoms with Crippen LogP contribution in [0, 0.1) is 6.92 Å². The predicted octanol–water partition coefficient (Wildman–Crippen LogP) is 2.38. The molecule has 26 heavy (non-hydrogen) atoms. The number of aryl methyl sites for hydroxylation is 1. The first-order valence-corrected chi connectivity index (χ1v) is 9.09. The van der Waals surface area contributed by atoms with E-state index in [1.165, 1.54) is 16.7 Å². The van der Waals surface area contributed by atoms with Crippen molar-refractivity contribution in [2.24, 2.45) is 0 Å². The first-order valence-electron chi connectivity index (χ1n) is 9.09. The molecule has 0 bridgehead atoms. The summed E-state index contributed by atoms with van der Waals surface area (Å²) in [5, 5.41) is 15.3. The van der Waals surface area contributed by atoms with Crippen molar-refractivity contribution >= 4 is 6.03 Å². The predicted molar refractivity (Wildman–Crippen MR) is 102 cm³/mol. The molecule has 0 radical (unpaired) electrons. The van der Waals surface area contributed by atoms with E-state index >= 15 is 0 Å². The molecule has 1 heterocycles. The quantitative estimate of drug-likeness (QED) is 0.715. The van der Waals surface area contributed by atoms with E-state index in [4.69, 9.17) is 4.74 Å². The van der Waals surface area contributed by atoms with E-state index < -0.39 is 0 Å². The van der Waals surface area contributed by atoms with E-state index in [1.807, 2.05) is 37.3 Å². The van der Waals surface area contributed by atoms with Crippen LogP contribution in [0.5, 0.6) is 5.75 Å². The van der Waals surface area contributed by atoms with Gasteiger partial charge in [0.2, 0.25) is 0 Å². The third-order valence-corrected chi connectivity index (χ3v) is 4.57. The fourth-order valence-electron chi connectivity index (χ4n) is 3.24. The Balaban J connectivity index is 1.44. The summed E-state index contributed by atoms with van der Waals surface area (Å²) >= 11 is 0. The number of nitrogens with one attached hydrogen (secondary N) is 2. The summed E-state index contributed by atoms with van der Waals surface area (Å²) in [4.78, 5) is 12.1. The summed E-state index contributed by atoms with van der Waals surface area (Å²) in [6.45, 7) is 3.24. The maximum absolute atomic E-state index is 12.1. The molecule has 1 atom stereocenters. The van der Waals surface area contributed by atoms with E-state index in [-0.39, 0.29) is 18.7 Å². The van der Waals surface area contributed by atoms with Crippen molar-refractivity contribution in [1.29, 1.82) is 0 Å². The van der Waals surface area contributed by atoms with Gasteiger partial charge in [0, 0.05) is 13.0 Å². The Morgan fingerprint density at radius 2 is 2.12 bits per heavy atom. The highest BCUT2D eigenvalue weighted by Crippen LogP contribution is 2.25. The molecule has 0 saturated carbocycles. The molecule has 3 rings (SSSR count). The van der Waals surface area contributed by atoms with Crippen LogP contribution in [0.25, 0.3) is 0 Å². The zero-order chi connectivity index (χ0) is 18.4. The highest BCUT2D eigenvalue weighted by Gasteiger charge is 2.13. The first kappa shape index (κ1) is 18.3. The molecule has 3 N–H and O–H groups in total. The van der Waals surface area contributed by atoms with E-state index in [2.05, 4.69) is 22.8 Å². The molecule has 1 aliphatic rings. The Kier molecular flexibility index (Phi) is 6.12. The largest absolute Gasteiger partial charge is 0.493 e. The minimum atomic E-state index is -0.297. The molecule has 5 heteroatoms. The van der Waals surface area contributed by atoms with Crippen LogP contribution in [-0.2, 0) is 19.3 Å². The van der Waals surface area contributed by atoms with Gasteiger partial charge in [-0.3, -0.25) is 0 Å². The molecule has 5 nitrogen and oxygen atoms in total. The van der Waals surface area contributed by atoms with Crippen molar-refractivity contribution in [3.63, 3.8) is 0 Å². The Morgan fingerprint density at radius 3 is 2.92 bits per heavy atom. The van der Waals surface area contributed by atoms with Gasteiger partial charge in [-0.05, 0) is 42.5 Å². The topological polar surface area (TPSA) is 70.6 Å². The van der Waals surface area contributed by atoms with Gasteiger partial charge in [-0.15, -0.1) is 0 Å². The number of carbonyl (C=O) groups excluding carboxylic acids is 1. The highest BCUT2D eigenvalue weighted by molar-refractivity contribution is 5.74. The average molecular weight is 354 g/mol. The Hall–Kier alpha value is -2.53. The maximum Gasteiger partial charge on any atom is 0.315 e. The number of urea groups is 1. The summed E-state index contributed by atoms with van der Waals surface area (Å²) in [5.74, 6) is 0.974. The lowest BCUT2D eigenvalue weighted by atomic mass is 10.0. The average Bonchev–Trinajstić information content (AvgIpc) is 3.09. The number of aliphatic hydroxyl groups excluding tert-OH is 1. The van der Waals surface area contributed by atoms with Gasteiger partial charge < -0.3 is 20.5 Å². The second kappa shape index (κ2) is 8.72. The number of ether oxygens (including phenoxy) is 1. The minimum absolute atomic E-state index is 0.0911. The number of carbonyl (C=O) groups is 1. The number of fused-ring (bicyclic) bond motifs is 1.